The average Bonchev–Trinajstić information content (AvgIpc) is 3.47. The summed E-state index contributed by atoms with van der Waals surface area (Å²) in [5.74, 6) is -3.75. The fourth-order valence-corrected chi connectivity index (χ4v) is 16.1. The van der Waals surface area contributed by atoms with Crippen molar-refractivity contribution < 1.29 is 114 Å². The summed E-state index contributed by atoms with van der Waals surface area (Å²) < 4.78 is 48.4. The first-order valence-corrected chi connectivity index (χ1v) is 27.5. The molecule has 4 saturated carbocycles. The van der Waals surface area contributed by atoms with E-state index in [1.54, 1.807) is 19.9 Å². The van der Waals surface area contributed by atoms with Crippen LogP contribution in [-0.2, 0) is 52.3 Å². The van der Waals surface area contributed by atoms with E-state index in [9.17, 15) is 75.7 Å². The Bertz CT molecular complexity index is 2280. The highest BCUT2D eigenvalue weighted by atomic mass is 16.8. The van der Waals surface area contributed by atoms with E-state index >= 15 is 0 Å². The maximum atomic E-state index is 13.3. The molecule has 27 atom stereocenters. The predicted molar refractivity (Wildman–Crippen MR) is 268 cm³/mol. The van der Waals surface area contributed by atoms with Crippen molar-refractivity contribution >= 4 is 17.9 Å². The van der Waals surface area contributed by atoms with Crippen LogP contribution in [0, 0.1) is 50.2 Å². The monoisotopic (exact) mass is 1110 g/mol. The quantitative estimate of drug-likeness (QED) is 0.0488. The number of esters is 2. The Hall–Kier alpha value is -2.79. The van der Waals surface area contributed by atoms with Crippen LogP contribution < -0.4 is 0 Å². The molecular formula is C55H86O23. The normalized spacial score (nSPS) is 51.1. The van der Waals surface area contributed by atoms with E-state index < -0.39 is 186 Å². The highest BCUT2D eigenvalue weighted by molar-refractivity contribution is 5.87. The molecule has 0 aromatic carbocycles. The van der Waals surface area contributed by atoms with Crippen LogP contribution in [0.15, 0.2) is 23.3 Å². The number of carbonyl (C=O) groups is 3. The first kappa shape index (κ1) is 61.3. The Balaban J connectivity index is 1.13. The minimum atomic E-state index is -2.16. The number of carboxylic acid groups (broad SMARTS) is 1. The molecule has 0 unspecified atom stereocenters. The Kier molecular flexibility index (Phi) is 17.3. The summed E-state index contributed by atoms with van der Waals surface area (Å²) in [5.41, 5.74) is -3.72. The standard InChI is InChI=1S/C55H86O23/c1-11-23(2)46(70)78-44-43(67)55(22-71-25(4)58)27(18-50(44,5)6)26-12-13-30-51(7)16-15-32(52(8,21-57)29(51)14-17-53(30,9)54(26,10)19-31(55)59)74-49-42(77-48-38(65)36(63)34(61)28(20-56)73-48)40(39(66)41(76-49)45(68)69)75-47-37(64)35(62)33(60)24(3)72-47/h11-12,24,27-44,47-49,56-57,59-67H,13-22H2,1-10H3,(H,68,69)/b23-11-/t24-,27-,28+,29+,30+,31+,32-,33-,34-,35+,36-,37+,38+,39-,40-,41-,42+,43-,44-,47-,48-,49+,51-,52+,53+,54+,55-/m0/s1. The topological polar surface area (TPSA) is 368 Å². The number of aliphatic hydroxyl groups excluding tert-OH is 11. The minimum Gasteiger partial charge on any atom is -0.479 e. The second kappa shape index (κ2) is 22.1. The number of rotatable bonds is 13. The Morgan fingerprint density at radius 2 is 1.36 bits per heavy atom. The zero-order chi connectivity index (χ0) is 57.7. The smallest absolute Gasteiger partial charge is 0.335 e. The maximum absolute atomic E-state index is 13.3. The van der Waals surface area contributed by atoms with E-state index in [0.29, 0.717) is 37.7 Å². The van der Waals surface area contributed by atoms with E-state index in [1.807, 2.05) is 20.8 Å². The molecule has 0 aromatic rings. The molecule has 3 heterocycles. The number of hydrogen-bond acceptors (Lipinski definition) is 22. The van der Waals surface area contributed by atoms with Crippen LogP contribution in [0.25, 0.3) is 0 Å². The molecule has 5 aliphatic carbocycles. The van der Waals surface area contributed by atoms with Crippen molar-refractivity contribution in [3.05, 3.63) is 23.3 Å². The SMILES string of the molecule is C/C=C(/C)C(=O)O[C@H]1[C@H](O)[C@]2(COC(C)=O)[C@H](O)C[C@]3(C)C(=CC[C@@H]4[C@@]5(C)CC[C@H](O[C@@H]6O[C@H](C(=O)O)[C@@H](O)[C@H](O[C@@H]7O[C@@H](C)[C@H](O)[C@@H](O)[C@H]7O)[C@H]6O[C@@H]6O[C@H](CO)[C@H](O)[C@H](O)[C@H]6O)[C@](C)(CO)[C@@H]5CC[C@]43C)[C@@H]2CC1(C)C. The van der Waals surface area contributed by atoms with E-state index in [1.165, 1.54) is 13.8 Å². The van der Waals surface area contributed by atoms with Gasteiger partial charge in [-0.15, -0.1) is 0 Å². The first-order chi connectivity index (χ1) is 36.3. The molecule has 3 aliphatic heterocycles. The van der Waals surface area contributed by atoms with E-state index in [4.69, 9.17) is 37.9 Å². The molecule has 0 amide bonds. The number of fused-ring (bicyclic) bond motifs is 7. The number of hydrogen-bond donors (Lipinski definition) is 12. The molecule has 3 saturated heterocycles. The number of aliphatic hydroxyl groups is 11. The third-order valence-corrected chi connectivity index (χ3v) is 21.0. The van der Waals surface area contributed by atoms with Gasteiger partial charge in [0.1, 0.15) is 79.9 Å². The van der Waals surface area contributed by atoms with Gasteiger partial charge in [0, 0.05) is 23.3 Å². The third-order valence-electron chi connectivity index (χ3n) is 21.0. The van der Waals surface area contributed by atoms with Crippen LogP contribution >= 0.6 is 0 Å². The van der Waals surface area contributed by atoms with Crippen LogP contribution in [0.2, 0.25) is 0 Å². The van der Waals surface area contributed by atoms with Gasteiger partial charge in [-0.05, 0) is 99.7 Å². The number of allylic oxidation sites excluding steroid dienone is 3. The summed E-state index contributed by atoms with van der Waals surface area (Å²) >= 11 is 0. The van der Waals surface area contributed by atoms with Gasteiger partial charge in [0.2, 0.25) is 0 Å². The van der Waals surface area contributed by atoms with E-state index in [0.717, 1.165) is 5.57 Å². The van der Waals surface area contributed by atoms with Gasteiger partial charge in [-0.3, -0.25) is 4.79 Å². The largest absolute Gasteiger partial charge is 0.479 e. The fraction of sp³-hybridized carbons (Fsp3) is 0.873. The van der Waals surface area contributed by atoms with Crippen LogP contribution in [0.4, 0.5) is 0 Å². The average molecular weight is 1120 g/mol. The molecule has 23 nitrogen and oxygen atoms in total. The lowest BCUT2D eigenvalue weighted by Crippen LogP contribution is -2.72. The second-order valence-electron chi connectivity index (χ2n) is 25.6. The Labute approximate surface area is 454 Å². The maximum Gasteiger partial charge on any atom is 0.335 e. The predicted octanol–water partition coefficient (Wildman–Crippen LogP) is -0.293. The fourth-order valence-electron chi connectivity index (χ4n) is 16.1. The number of aliphatic carboxylic acids is 1. The number of carbonyl (C=O) groups excluding carboxylic acids is 2. The first-order valence-electron chi connectivity index (χ1n) is 27.5. The summed E-state index contributed by atoms with van der Waals surface area (Å²) in [6.07, 6.45) is -25.3. The van der Waals surface area contributed by atoms with Crippen molar-refractivity contribution in [1.82, 2.24) is 0 Å². The van der Waals surface area contributed by atoms with Crippen LogP contribution in [0.1, 0.15) is 114 Å². The molecule has 7 fully saturated rings. The lowest BCUT2D eigenvalue weighted by atomic mass is 9.33. The van der Waals surface area contributed by atoms with Gasteiger partial charge in [-0.2, -0.15) is 0 Å². The number of ether oxygens (including phenoxy) is 8. The highest BCUT2D eigenvalue weighted by Crippen LogP contribution is 2.76. The summed E-state index contributed by atoms with van der Waals surface area (Å²) in [7, 11) is 0. The lowest BCUT2D eigenvalue weighted by Gasteiger charge is -2.72. The van der Waals surface area contributed by atoms with Crippen LogP contribution in [0.5, 0.6) is 0 Å². The van der Waals surface area contributed by atoms with Gasteiger partial charge in [-0.25, -0.2) is 9.59 Å². The van der Waals surface area contributed by atoms with Crippen molar-refractivity contribution in [3.8, 4) is 0 Å². The minimum absolute atomic E-state index is 0.0766. The molecule has 78 heavy (non-hydrogen) atoms. The molecule has 8 aliphatic rings. The Morgan fingerprint density at radius 1 is 0.731 bits per heavy atom. The van der Waals surface area contributed by atoms with Crippen molar-refractivity contribution in [3.63, 3.8) is 0 Å². The molecule has 444 valence electrons. The van der Waals surface area contributed by atoms with E-state index in [-0.39, 0.29) is 31.3 Å². The summed E-state index contributed by atoms with van der Waals surface area (Å²) in [5, 5.41) is 134. The Morgan fingerprint density at radius 3 is 1.96 bits per heavy atom. The van der Waals surface area contributed by atoms with Gasteiger partial charge >= 0.3 is 17.9 Å². The lowest BCUT2D eigenvalue weighted by molar-refractivity contribution is -0.396. The summed E-state index contributed by atoms with van der Waals surface area (Å²) in [6, 6.07) is 0. The van der Waals surface area contributed by atoms with Crippen molar-refractivity contribution in [2.24, 2.45) is 50.2 Å². The summed E-state index contributed by atoms with van der Waals surface area (Å²) in [6.45, 7) is 16.7. The van der Waals surface area contributed by atoms with Crippen molar-refractivity contribution in [2.75, 3.05) is 19.8 Å². The van der Waals surface area contributed by atoms with Crippen LogP contribution in [0.3, 0.4) is 0 Å². The molecule has 0 spiro atoms. The third kappa shape index (κ3) is 9.72. The highest BCUT2D eigenvalue weighted by Gasteiger charge is 2.74. The van der Waals surface area contributed by atoms with Crippen molar-refractivity contribution in [2.45, 2.75) is 231 Å². The zero-order valence-electron chi connectivity index (χ0n) is 46.3. The second-order valence-corrected chi connectivity index (χ2v) is 25.6. The van der Waals surface area contributed by atoms with Crippen LogP contribution in [-0.4, -0.2) is 216 Å². The van der Waals surface area contributed by atoms with Gasteiger partial charge in [0.15, 0.2) is 25.0 Å². The number of carboxylic acids is 1. The molecule has 12 N–H and O–H groups in total. The summed E-state index contributed by atoms with van der Waals surface area (Å²) in [4.78, 5) is 38.8. The zero-order valence-corrected chi connectivity index (χ0v) is 46.3. The van der Waals surface area contributed by atoms with E-state index in [2.05, 4.69) is 26.8 Å². The molecule has 0 aromatic heterocycles. The van der Waals surface area contributed by atoms with Gasteiger partial charge in [-0.1, -0.05) is 59.3 Å². The molecular weight excluding hydrogens is 1030 g/mol. The molecule has 0 bridgehead atoms. The van der Waals surface area contributed by atoms with Gasteiger partial charge in [0.25, 0.3) is 0 Å². The van der Waals surface area contributed by atoms with Crippen molar-refractivity contribution in [1.29, 1.82) is 0 Å². The van der Waals surface area contributed by atoms with Gasteiger partial charge in [0.05, 0.1) is 36.9 Å². The molecule has 23 heteroatoms. The van der Waals surface area contributed by atoms with Gasteiger partial charge < -0.3 is 99.2 Å². The molecule has 0 radical (unpaired) electrons. The molecule has 8 rings (SSSR count).